The van der Waals surface area contributed by atoms with E-state index in [1.54, 1.807) is 90.1 Å². The van der Waals surface area contributed by atoms with E-state index in [2.05, 4.69) is 45.4 Å². The van der Waals surface area contributed by atoms with Crippen molar-refractivity contribution in [2.45, 2.75) is 91.3 Å². The first-order valence-electron chi connectivity index (χ1n) is 26.7. The van der Waals surface area contributed by atoms with Gasteiger partial charge >= 0.3 is 15.6 Å². The highest BCUT2D eigenvalue weighted by Crippen LogP contribution is 2.56. The molecule has 0 spiro atoms. The fraction of sp³-hybridized carbons (Fsp3) is 0.491. The number of phosphoric ester groups is 2. The van der Waals surface area contributed by atoms with Gasteiger partial charge in [0.15, 0.2) is 57.4 Å². The SMILES string of the molecule is [C-]#[N+]CCOP(=O)(OCCSC(=O)C(C)(C)C)OC1C[C@H](n2cnc3c(NC(=O)COc4ccccc4)ncnc32)O[C@@H]1COP(=O)(OCCSC(=O)C(C)(C)C)OC1C[C@H](n2cnc3c(NC(=O)COc4ccccc4)ncnc32)O[C@@H]1CO. The summed E-state index contributed by atoms with van der Waals surface area (Å²) >= 11 is 1.91. The zero-order chi connectivity index (χ0) is 60.8. The smallest absolute Gasteiger partial charge is 0.475 e. The molecule has 0 bridgehead atoms. The number of benzene rings is 2. The summed E-state index contributed by atoms with van der Waals surface area (Å²) in [5, 5.41) is 15.8. The number of para-hydroxylation sites is 2. The van der Waals surface area contributed by atoms with Gasteiger partial charge in [0, 0.05) is 35.2 Å². The summed E-state index contributed by atoms with van der Waals surface area (Å²) in [5.41, 5.74) is -0.617. The number of hydrogen-bond donors (Lipinski definition) is 3. The van der Waals surface area contributed by atoms with E-state index < -0.39 is 88.4 Å². The summed E-state index contributed by atoms with van der Waals surface area (Å²) < 4.78 is 92.8. The Morgan fingerprint density at radius 3 is 1.53 bits per heavy atom. The number of phosphoric acid groups is 2. The van der Waals surface area contributed by atoms with Crippen molar-refractivity contribution in [3.63, 3.8) is 0 Å². The molecular formula is C53H65N11O17P2S2. The minimum absolute atomic E-state index is 0.0198. The summed E-state index contributed by atoms with van der Waals surface area (Å²) in [7, 11) is -9.46. The monoisotopic (exact) mass is 1250 g/mol. The van der Waals surface area contributed by atoms with E-state index in [0.717, 1.165) is 23.5 Å². The molecule has 2 saturated heterocycles. The lowest BCUT2D eigenvalue weighted by atomic mass is 9.99. The van der Waals surface area contributed by atoms with Gasteiger partial charge in [-0.25, -0.2) is 45.6 Å². The summed E-state index contributed by atoms with van der Waals surface area (Å²) in [4.78, 5) is 81.1. The Morgan fingerprint density at radius 1 is 0.647 bits per heavy atom. The lowest BCUT2D eigenvalue weighted by Gasteiger charge is -2.27. The van der Waals surface area contributed by atoms with Crippen molar-refractivity contribution in [1.29, 1.82) is 0 Å². The Bertz CT molecular complexity index is 3400. The topological polar surface area (TPSA) is 331 Å². The van der Waals surface area contributed by atoms with Crippen LogP contribution < -0.4 is 20.1 Å². The minimum Gasteiger partial charge on any atom is -0.484 e. The second-order valence-electron chi connectivity index (χ2n) is 20.9. The fourth-order valence-electron chi connectivity index (χ4n) is 8.14. The van der Waals surface area contributed by atoms with E-state index in [-0.39, 0.29) is 108 Å². The molecule has 4 aromatic heterocycles. The summed E-state index contributed by atoms with van der Waals surface area (Å²) in [6.45, 7) is 14.7. The molecule has 2 aromatic carbocycles. The molecule has 6 aromatic rings. The number of nitrogens with zero attached hydrogens (tertiary/aromatic N) is 9. The number of thioether (sulfide) groups is 2. The first kappa shape index (κ1) is 64.7. The molecule has 2 aliphatic heterocycles. The molecular weight excluding hydrogens is 1190 g/mol. The van der Waals surface area contributed by atoms with Crippen LogP contribution in [0.25, 0.3) is 27.2 Å². The number of aromatic nitrogens is 8. The molecule has 32 heteroatoms. The van der Waals surface area contributed by atoms with Crippen LogP contribution in [0, 0.1) is 17.4 Å². The maximum absolute atomic E-state index is 15.2. The molecule has 0 aliphatic carbocycles. The summed E-state index contributed by atoms with van der Waals surface area (Å²) in [6.07, 6.45) is -2.01. The Balaban J connectivity index is 1.04. The number of fused-ring (bicyclic) bond motifs is 2. The van der Waals surface area contributed by atoms with Gasteiger partial charge in [-0.2, -0.15) is 0 Å². The lowest BCUT2D eigenvalue weighted by molar-refractivity contribution is -0.118. The van der Waals surface area contributed by atoms with Crippen LogP contribution >= 0.6 is 39.2 Å². The predicted octanol–water partition coefficient (Wildman–Crippen LogP) is 7.85. The molecule has 3 N–H and O–H groups in total. The number of amides is 2. The van der Waals surface area contributed by atoms with Gasteiger partial charge in [-0.05, 0) is 24.3 Å². The number of aliphatic hydroxyl groups is 1. The Labute approximate surface area is 497 Å². The van der Waals surface area contributed by atoms with Gasteiger partial charge < -0.3 is 39.5 Å². The average Bonchev–Trinajstić information content (AvgIpc) is 2.98. The van der Waals surface area contributed by atoms with Gasteiger partial charge in [-0.1, -0.05) is 101 Å². The quantitative estimate of drug-likeness (QED) is 0.0228. The second kappa shape index (κ2) is 29.4. The molecule has 0 saturated carbocycles. The van der Waals surface area contributed by atoms with Gasteiger partial charge in [-0.15, -0.1) is 0 Å². The van der Waals surface area contributed by atoms with Crippen molar-refractivity contribution in [3.05, 3.63) is 97.4 Å². The van der Waals surface area contributed by atoms with Crippen LogP contribution in [0.2, 0.25) is 0 Å². The average molecular weight is 1250 g/mol. The Hall–Kier alpha value is -6.29. The molecule has 6 heterocycles. The molecule has 4 unspecified atom stereocenters. The van der Waals surface area contributed by atoms with E-state index in [1.807, 2.05) is 12.1 Å². The standard InChI is InChI=1S/C53H65N11O17P2S2/c1-52(2,3)50(68)84-22-20-75-82(70,74-19-18-54-7)81-37-25-43(64-33-60-45-47(56-31-58-49(45)64)62-41(67)29-73-35-16-12-9-13-17-35)79-39(37)27-77-83(71,76-21-23-85-51(69)53(4,5)6)80-36-24-42(78-38(36)26-65)63-32-59-44-46(55-30-57-48(44)63)61-40(66)28-72-34-14-10-8-11-15-34/h8-17,30-33,36-39,42-43,65H,18-29H2,1-6H3,(H,55,57,61,66)(H,56,58,62,67)/t36?,37?,38-,39-,42-,43-,82?,83?/m1/s1. The van der Waals surface area contributed by atoms with Gasteiger partial charge in [0.2, 0.25) is 6.54 Å². The van der Waals surface area contributed by atoms with Crippen molar-refractivity contribution in [1.82, 2.24) is 39.0 Å². The van der Waals surface area contributed by atoms with E-state index in [4.69, 9.17) is 52.7 Å². The number of anilines is 2. The van der Waals surface area contributed by atoms with Gasteiger partial charge in [0.05, 0.1) is 39.1 Å². The van der Waals surface area contributed by atoms with Crippen LogP contribution in [0.5, 0.6) is 11.5 Å². The second-order valence-corrected chi connectivity index (χ2v) is 26.3. The fourth-order valence-corrected chi connectivity index (χ4v) is 12.7. The molecule has 0 radical (unpaired) electrons. The molecule has 456 valence electrons. The highest BCUT2D eigenvalue weighted by atomic mass is 32.2. The molecule has 8 rings (SSSR count). The van der Waals surface area contributed by atoms with Crippen LogP contribution in [0.4, 0.5) is 11.6 Å². The van der Waals surface area contributed by atoms with Gasteiger partial charge in [-0.3, -0.25) is 55.5 Å². The van der Waals surface area contributed by atoms with Crippen molar-refractivity contribution in [3.8, 4) is 11.5 Å². The van der Waals surface area contributed by atoms with Gasteiger partial charge in [0.25, 0.3) is 11.8 Å². The number of carbonyl (C=O) groups is 4. The lowest BCUT2D eigenvalue weighted by Crippen LogP contribution is -2.31. The van der Waals surface area contributed by atoms with E-state index in [1.165, 1.54) is 34.4 Å². The van der Waals surface area contributed by atoms with E-state index >= 15 is 4.57 Å². The molecule has 85 heavy (non-hydrogen) atoms. The molecule has 28 nitrogen and oxygen atoms in total. The number of nitrogens with one attached hydrogen (secondary N) is 2. The van der Waals surface area contributed by atoms with E-state index in [0.29, 0.717) is 11.5 Å². The van der Waals surface area contributed by atoms with Crippen LogP contribution in [0.3, 0.4) is 0 Å². The van der Waals surface area contributed by atoms with Crippen molar-refractivity contribution >= 4 is 95.2 Å². The van der Waals surface area contributed by atoms with Crippen molar-refractivity contribution in [2.75, 3.05) is 74.9 Å². The number of imidazole rings is 2. The maximum atomic E-state index is 15.2. The van der Waals surface area contributed by atoms with Crippen molar-refractivity contribution in [2.24, 2.45) is 10.8 Å². The van der Waals surface area contributed by atoms with E-state index in [9.17, 15) is 28.8 Å². The van der Waals surface area contributed by atoms with Crippen LogP contribution in [0.1, 0.15) is 66.8 Å². The molecule has 8 atom stereocenters. The Kier molecular flexibility index (Phi) is 22.4. The first-order valence-corrected chi connectivity index (χ1v) is 31.6. The number of rotatable bonds is 29. The summed E-state index contributed by atoms with van der Waals surface area (Å²) in [5.74, 6) is 0.130. The zero-order valence-electron chi connectivity index (χ0n) is 47.2. The minimum atomic E-state index is -4.84. The number of ether oxygens (including phenoxy) is 4. The van der Waals surface area contributed by atoms with Crippen LogP contribution in [-0.4, -0.2) is 155 Å². The van der Waals surface area contributed by atoms with Crippen LogP contribution in [0.15, 0.2) is 86.0 Å². The van der Waals surface area contributed by atoms with Gasteiger partial charge in [0.1, 0.15) is 67.6 Å². The highest BCUT2D eigenvalue weighted by Gasteiger charge is 2.47. The number of carbonyl (C=O) groups excluding carboxylic acids is 4. The number of hydrogen-bond acceptors (Lipinski definition) is 25. The molecule has 2 amide bonds. The third-order valence-electron chi connectivity index (χ3n) is 12.4. The first-order chi connectivity index (χ1) is 40.6. The molecule has 2 fully saturated rings. The third-order valence-corrected chi connectivity index (χ3v) is 17.9. The largest absolute Gasteiger partial charge is 0.484 e. The Morgan fingerprint density at radius 2 is 1.08 bits per heavy atom. The molecule has 2 aliphatic rings. The number of aliphatic hydroxyl groups excluding tert-OH is 1. The normalized spacial score (nSPS) is 20.4. The highest BCUT2D eigenvalue weighted by molar-refractivity contribution is 8.14. The third kappa shape index (κ3) is 17.9. The zero-order valence-corrected chi connectivity index (χ0v) is 50.7. The maximum Gasteiger partial charge on any atom is 0.475 e. The predicted molar refractivity (Wildman–Crippen MR) is 310 cm³/mol. The van der Waals surface area contributed by atoms with Crippen LogP contribution in [-0.2, 0) is 64.9 Å². The summed E-state index contributed by atoms with van der Waals surface area (Å²) in [6, 6.07) is 17.5. The van der Waals surface area contributed by atoms with Crippen molar-refractivity contribution < 1.29 is 79.5 Å².